The summed E-state index contributed by atoms with van der Waals surface area (Å²) in [5, 5.41) is 20.5. The third kappa shape index (κ3) is 3.95. The van der Waals surface area contributed by atoms with E-state index in [1.54, 1.807) is 12.4 Å². The molecule has 8 heteroatoms. The molecule has 2 heterocycles. The normalized spacial score (nSPS) is 22.1. The van der Waals surface area contributed by atoms with Gasteiger partial charge in [-0.05, 0) is 12.8 Å². The van der Waals surface area contributed by atoms with Gasteiger partial charge in [0, 0.05) is 24.8 Å². The largest absolute Gasteiger partial charge is 0.479 e. The summed E-state index contributed by atoms with van der Waals surface area (Å²) in [5.74, 6) is -0.952. The van der Waals surface area contributed by atoms with Gasteiger partial charge in [-0.1, -0.05) is 0 Å². The van der Waals surface area contributed by atoms with Gasteiger partial charge in [0.15, 0.2) is 6.10 Å². The molecule has 1 aliphatic heterocycles. The van der Waals surface area contributed by atoms with Gasteiger partial charge in [0.25, 0.3) is 0 Å². The number of carbonyl (C=O) groups excluding carboxylic acids is 1. The lowest BCUT2D eigenvalue weighted by Gasteiger charge is -2.12. The molecule has 0 aliphatic carbocycles. The zero-order valence-electron chi connectivity index (χ0n) is 10.3. The van der Waals surface area contributed by atoms with Crippen molar-refractivity contribution in [2.45, 2.75) is 31.6 Å². The van der Waals surface area contributed by atoms with E-state index in [9.17, 15) is 9.59 Å². The maximum atomic E-state index is 11.5. The Morgan fingerprint density at radius 3 is 2.95 bits per heavy atom. The molecule has 1 fully saturated rings. The topological polar surface area (TPSA) is 116 Å². The molecule has 2 amide bonds. The Morgan fingerprint density at radius 2 is 2.32 bits per heavy atom. The predicted molar refractivity (Wildman–Crippen MR) is 64.4 cm³/mol. The summed E-state index contributed by atoms with van der Waals surface area (Å²) in [7, 11) is 0. The first-order chi connectivity index (χ1) is 9.15. The fraction of sp³-hybridized carbons (Fsp3) is 0.545. The van der Waals surface area contributed by atoms with Crippen LogP contribution in [0.5, 0.6) is 0 Å². The van der Waals surface area contributed by atoms with Crippen LogP contribution in [0.25, 0.3) is 0 Å². The predicted octanol–water partition coefficient (Wildman–Crippen LogP) is -0.159. The second-order valence-electron chi connectivity index (χ2n) is 4.33. The van der Waals surface area contributed by atoms with E-state index >= 15 is 0 Å². The van der Waals surface area contributed by atoms with E-state index in [4.69, 9.17) is 9.84 Å². The Labute approximate surface area is 109 Å². The zero-order chi connectivity index (χ0) is 13.7. The van der Waals surface area contributed by atoms with Gasteiger partial charge in [0.05, 0.1) is 12.3 Å². The zero-order valence-corrected chi connectivity index (χ0v) is 10.3. The minimum Gasteiger partial charge on any atom is -0.479 e. The van der Waals surface area contributed by atoms with Crippen LogP contribution in [0.15, 0.2) is 12.4 Å². The molecule has 0 saturated carbocycles. The van der Waals surface area contributed by atoms with Crippen LogP contribution in [0.2, 0.25) is 0 Å². The van der Waals surface area contributed by atoms with Crippen LogP contribution in [0.3, 0.4) is 0 Å². The number of rotatable bonds is 5. The van der Waals surface area contributed by atoms with Gasteiger partial charge in [0.2, 0.25) is 0 Å². The number of aromatic nitrogens is 2. The molecule has 1 saturated heterocycles. The summed E-state index contributed by atoms with van der Waals surface area (Å²) in [6, 6.07) is -0.316. The lowest BCUT2D eigenvalue weighted by atomic mass is 10.2. The smallest absolute Gasteiger partial charge is 0.332 e. The van der Waals surface area contributed by atoms with E-state index in [0.29, 0.717) is 25.9 Å². The molecule has 0 bridgehead atoms. The number of carbonyl (C=O) groups is 2. The van der Waals surface area contributed by atoms with Crippen LogP contribution in [0, 0.1) is 0 Å². The van der Waals surface area contributed by atoms with Gasteiger partial charge in [-0.2, -0.15) is 5.10 Å². The highest BCUT2D eigenvalue weighted by molar-refractivity contribution is 5.74. The van der Waals surface area contributed by atoms with E-state index in [0.717, 1.165) is 5.56 Å². The monoisotopic (exact) mass is 268 g/mol. The van der Waals surface area contributed by atoms with Gasteiger partial charge in [-0.3, -0.25) is 5.10 Å². The average Bonchev–Trinajstić information content (AvgIpc) is 3.05. The Morgan fingerprint density at radius 1 is 1.47 bits per heavy atom. The summed E-state index contributed by atoms with van der Waals surface area (Å²) in [5.41, 5.74) is 0.873. The number of ether oxygens (including phenoxy) is 1. The van der Waals surface area contributed by atoms with Gasteiger partial charge in [-0.25, -0.2) is 9.59 Å². The van der Waals surface area contributed by atoms with Gasteiger partial charge >= 0.3 is 12.0 Å². The summed E-state index contributed by atoms with van der Waals surface area (Å²) >= 11 is 0. The highest BCUT2D eigenvalue weighted by Gasteiger charge is 2.30. The van der Waals surface area contributed by atoms with Crippen molar-refractivity contribution in [3.8, 4) is 0 Å². The fourth-order valence-corrected chi connectivity index (χ4v) is 1.86. The number of H-pyrrole nitrogens is 1. The van der Waals surface area contributed by atoms with Crippen molar-refractivity contribution in [2.24, 2.45) is 0 Å². The summed E-state index contributed by atoms with van der Waals surface area (Å²) < 4.78 is 5.27. The average molecular weight is 268 g/mol. The van der Waals surface area contributed by atoms with E-state index < -0.39 is 12.1 Å². The number of hydrogen-bond donors (Lipinski definition) is 4. The first-order valence-corrected chi connectivity index (χ1v) is 6.03. The van der Waals surface area contributed by atoms with Gasteiger partial charge < -0.3 is 20.5 Å². The minimum absolute atomic E-state index is 0.235. The molecule has 1 aliphatic rings. The summed E-state index contributed by atoms with van der Waals surface area (Å²) in [4.78, 5) is 22.2. The van der Waals surface area contributed by atoms with E-state index in [1.165, 1.54) is 0 Å². The second kappa shape index (κ2) is 6.19. The van der Waals surface area contributed by atoms with Crippen LogP contribution in [0.4, 0.5) is 4.79 Å². The first kappa shape index (κ1) is 13.3. The van der Waals surface area contributed by atoms with Crippen molar-refractivity contribution in [1.29, 1.82) is 0 Å². The molecule has 0 spiro atoms. The molecule has 4 N–H and O–H groups in total. The number of aromatic amines is 1. The third-order valence-corrected chi connectivity index (χ3v) is 2.88. The number of hydrogen-bond acceptors (Lipinski definition) is 4. The van der Waals surface area contributed by atoms with Gasteiger partial charge in [0.1, 0.15) is 0 Å². The summed E-state index contributed by atoms with van der Waals surface area (Å²) in [6.45, 7) is 0.687. The van der Waals surface area contributed by atoms with Crippen molar-refractivity contribution in [2.75, 3.05) is 6.54 Å². The lowest BCUT2D eigenvalue weighted by Crippen LogP contribution is -2.39. The maximum Gasteiger partial charge on any atom is 0.332 e. The molecule has 8 nitrogen and oxygen atoms in total. The second-order valence-corrected chi connectivity index (χ2v) is 4.33. The molecule has 2 unspecified atom stereocenters. The van der Waals surface area contributed by atoms with E-state index in [-0.39, 0.29) is 12.1 Å². The highest BCUT2D eigenvalue weighted by atomic mass is 16.5. The van der Waals surface area contributed by atoms with Crippen molar-refractivity contribution < 1.29 is 19.4 Å². The number of nitrogens with one attached hydrogen (secondary N) is 3. The standard InChI is InChI=1S/C11H16N4O4/c16-10(17)9-2-1-8(19-9)6-13-11(18)12-3-7-4-14-15-5-7/h4-5,8-9H,1-3,6H2,(H,14,15)(H,16,17)(H2,12,13,18). The Bertz CT molecular complexity index is 434. The van der Waals surface area contributed by atoms with Crippen molar-refractivity contribution >= 4 is 12.0 Å². The molecule has 0 radical (unpaired) electrons. The number of carboxylic acids is 1. The number of aliphatic carboxylic acids is 1. The van der Waals surface area contributed by atoms with Crippen LogP contribution in [-0.2, 0) is 16.1 Å². The van der Waals surface area contributed by atoms with Crippen molar-refractivity contribution in [1.82, 2.24) is 20.8 Å². The van der Waals surface area contributed by atoms with Gasteiger partial charge in [-0.15, -0.1) is 0 Å². The first-order valence-electron chi connectivity index (χ1n) is 6.03. The third-order valence-electron chi connectivity index (χ3n) is 2.88. The molecule has 104 valence electrons. The molecule has 2 rings (SSSR count). The minimum atomic E-state index is -0.952. The molecule has 2 atom stereocenters. The molecular formula is C11H16N4O4. The van der Waals surface area contributed by atoms with Crippen LogP contribution >= 0.6 is 0 Å². The van der Waals surface area contributed by atoms with E-state index in [1.807, 2.05) is 0 Å². The molecule has 1 aromatic heterocycles. The van der Waals surface area contributed by atoms with Crippen LogP contribution in [0.1, 0.15) is 18.4 Å². The number of carboxylic acid groups (broad SMARTS) is 1. The number of urea groups is 1. The van der Waals surface area contributed by atoms with Crippen molar-refractivity contribution in [3.63, 3.8) is 0 Å². The molecule has 1 aromatic rings. The molecule has 0 aromatic carbocycles. The Balaban J connectivity index is 1.63. The van der Waals surface area contributed by atoms with Crippen LogP contribution in [-0.4, -0.2) is 46.1 Å². The van der Waals surface area contributed by atoms with E-state index in [2.05, 4.69) is 20.8 Å². The fourth-order valence-electron chi connectivity index (χ4n) is 1.86. The molecule has 19 heavy (non-hydrogen) atoms. The SMILES string of the molecule is O=C(NCc1cn[nH]c1)NCC1CCC(C(=O)O)O1. The number of nitrogens with zero attached hydrogens (tertiary/aromatic N) is 1. The molecular weight excluding hydrogens is 252 g/mol. The maximum absolute atomic E-state index is 11.5. The summed E-state index contributed by atoms with van der Waals surface area (Å²) in [6.07, 6.45) is 3.45. The quantitative estimate of drug-likeness (QED) is 0.592. The van der Waals surface area contributed by atoms with Crippen molar-refractivity contribution in [3.05, 3.63) is 18.0 Å². The Kier molecular flexibility index (Phi) is 4.35. The highest BCUT2D eigenvalue weighted by Crippen LogP contribution is 2.19. The Hall–Kier alpha value is -2.09. The lowest BCUT2D eigenvalue weighted by molar-refractivity contribution is -0.149. The number of amides is 2. The van der Waals surface area contributed by atoms with Crippen LogP contribution < -0.4 is 10.6 Å².